The summed E-state index contributed by atoms with van der Waals surface area (Å²) < 4.78 is 11.9. The van der Waals surface area contributed by atoms with Crippen LogP contribution >= 0.6 is 0 Å². The van der Waals surface area contributed by atoms with E-state index in [0.717, 1.165) is 41.1 Å². The van der Waals surface area contributed by atoms with Crippen molar-refractivity contribution in [1.29, 1.82) is 0 Å². The number of fused-ring (bicyclic) bond motifs is 3. The monoisotopic (exact) mass is 350 g/mol. The van der Waals surface area contributed by atoms with Crippen LogP contribution in [0, 0.1) is 0 Å². The van der Waals surface area contributed by atoms with E-state index in [4.69, 9.17) is 9.15 Å². The van der Waals surface area contributed by atoms with Crippen LogP contribution in [0.1, 0.15) is 24.7 Å². The Balaban J connectivity index is 1.52. The molecule has 0 aliphatic carbocycles. The lowest BCUT2D eigenvalue weighted by atomic mass is 10.2. The molecule has 3 aromatic heterocycles. The van der Waals surface area contributed by atoms with Gasteiger partial charge in [-0.2, -0.15) is 5.10 Å². The van der Waals surface area contributed by atoms with Crippen molar-refractivity contribution >= 4 is 27.9 Å². The number of furan rings is 1. The Hall–Kier alpha value is -3.00. The first kappa shape index (κ1) is 15.3. The molecule has 1 atom stereocenters. The first-order chi connectivity index (χ1) is 12.8. The average molecular weight is 350 g/mol. The van der Waals surface area contributed by atoms with Crippen molar-refractivity contribution in [1.82, 2.24) is 25.1 Å². The number of morpholine rings is 1. The van der Waals surface area contributed by atoms with E-state index in [0.29, 0.717) is 24.6 Å². The maximum absolute atomic E-state index is 6.05. The summed E-state index contributed by atoms with van der Waals surface area (Å²) in [6, 6.07) is 7.90. The van der Waals surface area contributed by atoms with Crippen molar-refractivity contribution in [2.75, 3.05) is 24.6 Å². The van der Waals surface area contributed by atoms with Crippen molar-refractivity contribution in [3.8, 4) is 0 Å². The van der Waals surface area contributed by atoms with Crippen molar-refractivity contribution < 1.29 is 9.15 Å². The second-order valence-electron chi connectivity index (χ2n) is 6.27. The molecule has 5 rings (SSSR count). The van der Waals surface area contributed by atoms with Crippen LogP contribution in [0.5, 0.6) is 0 Å². The van der Waals surface area contributed by atoms with Gasteiger partial charge in [-0.1, -0.05) is 19.1 Å². The van der Waals surface area contributed by atoms with Crippen molar-refractivity contribution in [3.05, 3.63) is 42.2 Å². The third kappa shape index (κ3) is 2.41. The van der Waals surface area contributed by atoms with Crippen LogP contribution in [0.2, 0.25) is 0 Å². The molecule has 1 saturated heterocycles. The molecule has 8 heteroatoms. The summed E-state index contributed by atoms with van der Waals surface area (Å²) in [5.41, 5.74) is 2.36. The highest BCUT2D eigenvalue weighted by atomic mass is 16.5. The topological polar surface area (TPSA) is 93.0 Å². The van der Waals surface area contributed by atoms with Crippen LogP contribution in [0.3, 0.4) is 0 Å². The first-order valence-corrected chi connectivity index (χ1v) is 8.73. The highest BCUT2D eigenvalue weighted by molar-refractivity contribution is 6.05. The number of benzene rings is 1. The quantitative estimate of drug-likeness (QED) is 0.607. The third-order valence-electron chi connectivity index (χ3n) is 4.68. The number of rotatable bonds is 3. The van der Waals surface area contributed by atoms with Gasteiger partial charge in [-0.05, 0) is 12.1 Å². The second-order valence-corrected chi connectivity index (χ2v) is 6.27. The zero-order chi connectivity index (χ0) is 17.5. The molecule has 4 aromatic rings. The summed E-state index contributed by atoms with van der Waals surface area (Å²) in [5.74, 6) is 2.33. The van der Waals surface area contributed by atoms with Crippen LogP contribution in [0.4, 0.5) is 5.82 Å². The van der Waals surface area contributed by atoms with Crippen molar-refractivity contribution in [2.24, 2.45) is 0 Å². The van der Waals surface area contributed by atoms with Crippen LogP contribution in [-0.4, -0.2) is 44.8 Å². The highest BCUT2D eigenvalue weighted by Crippen LogP contribution is 2.33. The van der Waals surface area contributed by atoms with Crippen molar-refractivity contribution in [2.45, 2.75) is 19.4 Å². The molecule has 132 valence electrons. The Morgan fingerprint density at radius 3 is 3.08 bits per heavy atom. The van der Waals surface area contributed by atoms with E-state index >= 15 is 0 Å². The number of ether oxygens (including phenoxy) is 1. The minimum absolute atomic E-state index is 0.199. The van der Waals surface area contributed by atoms with E-state index < -0.39 is 0 Å². The number of nitrogens with one attached hydrogen (secondary N) is 1. The van der Waals surface area contributed by atoms with Gasteiger partial charge in [-0.3, -0.25) is 5.10 Å². The Bertz CT molecular complexity index is 1070. The van der Waals surface area contributed by atoms with Gasteiger partial charge in [0.15, 0.2) is 17.2 Å². The van der Waals surface area contributed by atoms with Gasteiger partial charge >= 0.3 is 0 Å². The maximum atomic E-state index is 6.05. The predicted octanol–water partition coefficient (Wildman–Crippen LogP) is 2.63. The molecule has 4 heterocycles. The maximum Gasteiger partial charge on any atom is 0.196 e. The third-order valence-corrected chi connectivity index (χ3v) is 4.68. The summed E-state index contributed by atoms with van der Waals surface area (Å²) in [4.78, 5) is 15.6. The number of H-pyrrole nitrogens is 1. The number of aryl methyl sites for hydroxylation is 1. The van der Waals surface area contributed by atoms with E-state index in [2.05, 4.69) is 30.0 Å². The minimum Gasteiger partial charge on any atom is -0.450 e. The molecule has 1 fully saturated rings. The molecule has 1 N–H and O–H groups in total. The van der Waals surface area contributed by atoms with E-state index in [9.17, 15) is 0 Å². The van der Waals surface area contributed by atoms with E-state index in [1.54, 1.807) is 6.33 Å². The second kappa shape index (κ2) is 6.06. The lowest BCUT2D eigenvalue weighted by Crippen LogP contribution is -2.39. The molecule has 26 heavy (non-hydrogen) atoms. The summed E-state index contributed by atoms with van der Waals surface area (Å²) in [6.07, 6.45) is 2.20. The number of aromatic nitrogens is 5. The number of nitrogens with zero attached hydrogens (tertiary/aromatic N) is 5. The largest absolute Gasteiger partial charge is 0.450 e. The summed E-state index contributed by atoms with van der Waals surface area (Å²) >= 11 is 0. The van der Waals surface area contributed by atoms with Gasteiger partial charge in [0.2, 0.25) is 0 Å². The van der Waals surface area contributed by atoms with Gasteiger partial charge in [-0.25, -0.2) is 15.0 Å². The van der Waals surface area contributed by atoms with Gasteiger partial charge in [0.05, 0.1) is 13.2 Å². The fourth-order valence-electron chi connectivity index (χ4n) is 3.35. The standard InChI is InChI=1S/C18H18N6O2/c1-2-14-21-17(23-22-14)13-9-24(7-8-25-13)18-16-15(19-10-20-18)11-5-3-4-6-12(11)26-16/h3-6,10,13H,2,7-9H2,1H3,(H,21,22,23). The first-order valence-electron chi connectivity index (χ1n) is 8.73. The molecular weight excluding hydrogens is 332 g/mol. The number of hydrogen-bond donors (Lipinski definition) is 1. The molecule has 1 aliphatic heterocycles. The molecule has 0 bridgehead atoms. The SMILES string of the molecule is CCc1nc(C2CN(c3ncnc4c3oc3ccccc34)CCO2)n[nH]1. The molecule has 0 saturated carbocycles. The van der Waals surface area contributed by atoms with Crippen LogP contribution in [0.25, 0.3) is 22.1 Å². The van der Waals surface area contributed by atoms with Crippen LogP contribution in [-0.2, 0) is 11.2 Å². The van der Waals surface area contributed by atoms with Crippen molar-refractivity contribution in [3.63, 3.8) is 0 Å². The molecule has 0 amide bonds. The fourth-order valence-corrected chi connectivity index (χ4v) is 3.35. The number of hydrogen-bond acceptors (Lipinski definition) is 7. The minimum atomic E-state index is -0.199. The zero-order valence-corrected chi connectivity index (χ0v) is 14.3. The average Bonchev–Trinajstić information content (AvgIpc) is 3.32. The number of anilines is 1. The zero-order valence-electron chi connectivity index (χ0n) is 14.3. The highest BCUT2D eigenvalue weighted by Gasteiger charge is 2.28. The molecule has 0 spiro atoms. The van der Waals surface area contributed by atoms with Gasteiger partial charge in [0.25, 0.3) is 0 Å². The summed E-state index contributed by atoms with van der Waals surface area (Å²) in [6.45, 7) is 3.96. The number of para-hydroxylation sites is 1. The van der Waals surface area contributed by atoms with E-state index in [-0.39, 0.29) is 6.10 Å². The molecule has 1 aliphatic rings. The fraction of sp³-hybridized carbons (Fsp3) is 0.333. The lowest BCUT2D eigenvalue weighted by molar-refractivity contribution is 0.0340. The van der Waals surface area contributed by atoms with Gasteiger partial charge < -0.3 is 14.1 Å². The van der Waals surface area contributed by atoms with Crippen LogP contribution < -0.4 is 4.90 Å². The lowest BCUT2D eigenvalue weighted by Gasteiger charge is -2.32. The Morgan fingerprint density at radius 2 is 2.19 bits per heavy atom. The Morgan fingerprint density at radius 1 is 1.27 bits per heavy atom. The van der Waals surface area contributed by atoms with Gasteiger partial charge in [0.1, 0.15) is 29.4 Å². The van der Waals surface area contributed by atoms with Gasteiger partial charge in [-0.15, -0.1) is 0 Å². The van der Waals surface area contributed by atoms with Gasteiger partial charge in [0, 0.05) is 18.4 Å². The molecule has 8 nitrogen and oxygen atoms in total. The number of aromatic amines is 1. The Labute approximate surface area is 149 Å². The summed E-state index contributed by atoms with van der Waals surface area (Å²) in [5, 5.41) is 8.24. The van der Waals surface area contributed by atoms with Crippen LogP contribution in [0.15, 0.2) is 35.0 Å². The Kier molecular flexibility index (Phi) is 3.56. The molecule has 1 unspecified atom stereocenters. The molecule has 0 radical (unpaired) electrons. The molecule has 1 aromatic carbocycles. The predicted molar refractivity (Wildman–Crippen MR) is 96.0 cm³/mol. The normalized spacial score (nSPS) is 18.0. The van der Waals surface area contributed by atoms with E-state index in [1.807, 2.05) is 31.2 Å². The molecular formula is C18H18N6O2. The summed E-state index contributed by atoms with van der Waals surface area (Å²) in [7, 11) is 0. The smallest absolute Gasteiger partial charge is 0.196 e. The van der Waals surface area contributed by atoms with E-state index in [1.165, 1.54) is 0 Å².